The molecule has 2 rings (SSSR count). The summed E-state index contributed by atoms with van der Waals surface area (Å²) in [6.45, 7) is 2.70. The molecule has 0 saturated carbocycles. The first-order valence-corrected chi connectivity index (χ1v) is 6.61. The van der Waals surface area contributed by atoms with Gasteiger partial charge in [-0.1, -0.05) is 23.7 Å². The maximum atomic E-state index is 12.1. The standard InChI is InChI=1S/C15H15ClN2O2/c1-3-18-10-13(16)14(17-18)7-8-15(19)11-5-4-6-12(9-11)20-2/h4-10H,3H2,1-2H3/b8-7+. The maximum Gasteiger partial charge on any atom is 0.186 e. The van der Waals surface area contributed by atoms with E-state index in [9.17, 15) is 4.79 Å². The second-order valence-electron chi connectivity index (χ2n) is 4.15. The predicted octanol–water partition coefficient (Wildman–Crippen LogP) is 3.46. The van der Waals surface area contributed by atoms with Crippen LogP contribution in [0.2, 0.25) is 5.02 Å². The number of carbonyl (C=O) groups excluding carboxylic acids is 1. The second kappa shape index (κ2) is 6.39. The van der Waals surface area contributed by atoms with Crippen LogP contribution in [-0.4, -0.2) is 22.7 Å². The Bertz CT molecular complexity index is 647. The Morgan fingerprint density at radius 1 is 1.50 bits per heavy atom. The van der Waals surface area contributed by atoms with E-state index in [0.29, 0.717) is 22.0 Å². The summed E-state index contributed by atoms with van der Waals surface area (Å²) in [6, 6.07) is 7.00. The van der Waals surface area contributed by atoms with Crippen LogP contribution in [-0.2, 0) is 6.54 Å². The number of hydrogen-bond donors (Lipinski definition) is 0. The number of aromatic nitrogens is 2. The van der Waals surface area contributed by atoms with Crippen LogP contribution in [0.5, 0.6) is 5.75 Å². The molecule has 20 heavy (non-hydrogen) atoms. The lowest BCUT2D eigenvalue weighted by Gasteiger charge is -2.00. The van der Waals surface area contributed by atoms with E-state index in [1.807, 2.05) is 6.92 Å². The first-order chi connectivity index (χ1) is 9.63. The minimum absolute atomic E-state index is 0.119. The number of hydrogen-bond acceptors (Lipinski definition) is 3. The van der Waals surface area contributed by atoms with Gasteiger partial charge in [0, 0.05) is 18.3 Å². The van der Waals surface area contributed by atoms with E-state index in [0.717, 1.165) is 6.54 Å². The third-order valence-corrected chi connectivity index (χ3v) is 3.11. The van der Waals surface area contributed by atoms with E-state index >= 15 is 0 Å². The molecule has 0 aliphatic carbocycles. The van der Waals surface area contributed by atoms with Crippen LogP contribution in [0.4, 0.5) is 0 Å². The predicted molar refractivity (Wildman–Crippen MR) is 79.3 cm³/mol. The summed E-state index contributed by atoms with van der Waals surface area (Å²) in [5.41, 5.74) is 1.15. The molecule has 1 heterocycles. The zero-order valence-corrected chi connectivity index (χ0v) is 12.1. The SMILES string of the molecule is CCn1cc(Cl)c(/C=C/C(=O)c2cccc(OC)c2)n1. The van der Waals surface area contributed by atoms with Crippen LogP contribution in [0.25, 0.3) is 6.08 Å². The Labute approximate surface area is 122 Å². The van der Waals surface area contributed by atoms with Gasteiger partial charge in [0.2, 0.25) is 0 Å². The van der Waals surface area contributed by atoms with Crippen molar-refractivity contribution in [3.05, 3.63) is 52.8 Å². The Hall–Kier alpha value is -2.07. The fraction of sp³-hybridized carbons (Fsp3) is 0.200. The van der Waals surface area contributed by atoms with Gasteiger partial charge in [-0.05, 0) is 31.2 Å². The number of allylic oxidation sites excluding steroid dienone is 1. The molecule has 0 spiro atoms. The Kier molecular flexibility index (Phi) is 4.58. The Balaban J connectivity index is 2.17. The van der Waals surface area contributed by atoms with Crippen molar-refractivity contribution in [3.8, 4) is 5.75 Å². The quantitative estimate of drug-likeness (QED) is 0.626. The van der Waals surface area contributed by atoms with E-state index in [1.54, 1.807) is 48.3 Å². The van der Waals surface area contributed by atoms with E-state index in [2.05, 4.69) is 5.10 Å². The van der Waals surface area contributed by atoms with E-state index in [-0.39, 0.29) is 5.78 Å². The first kappa shape index (κ1) is 14.3. The van der Waals surface area contributed by atoms with Crippen LogP contribution in [0, 0.1) is 0 Å². The molecular weight excluding hydrogens is 276 g/mol. The first-order valence-electron chi connectivity index (χ1n) is 6.23. The molecule has 2 aromatic rings. The Morgan fingerprint density at radius 3 is 2.95 bits per heavy atom. The Morgan fingerprint density at radius 2 is 2.30 bits per heavy atom. The van der Waals surface area contributed by atoms with Crippen molar-refractivity contribution in [2.24, 2.45) is 0 Å². The number of aryl methyl sites for hydroxylation is 1. The average Bonchev–Trinajstić information content (AvgIpc) is 2.85. The number of carbonyl (C=O) groups is 1. The lowest BCUT2D eigenvalue weighted by atomic mass is 10.1. The van der Waals surface area contributed by atoms with Crippen LogP contribution in [0.3, 0.4) is 0 Å². The average molecular weight is 291 g/mol. The highest BCUT2D eigenvalue weighted by molar-refractivity contribution is 6.31. The van der Waals surface area contributed by atoms with Crippen molar-refractivity contribution in [2.45, 2.75) is 13.5 Å². The van der Waals surface area contributed by atoms with Gasteiger partial charge in [0.1, 0.15) is 11.4 Å². The molecule has 0 fully saturated rings. The summed E-state index contributed by atoms with van der Waals surface area (Å²) in [5, 5.41) is 4.78. The van der Waals surface area contributed by atoms with Gasteiger partial charge < -0.3 is 4.74 Å². The molecule has 104 valence electrons. The number of benzene rings is 1. The molecule has 1 aromatic carbocycles. The van der Waals surface area contributed by atoms with Crippen molar-refractivity contribution >= 4 is 23.5 Å². The smallest absolute Gasteiger partial charge is 0.186 e. The molecule has 0 unspecified atom stereocenters. The highest BCUT2D eigenvalue weighted by Crippen LogP contribution is 2.17. The minimum atomic E-state index is -0.119. The van der Waals surface area contributed by atoms with Gasteiger partial charge in [0.25, 0.3) is 0 Å². The van der Waals surface area contributed by atoms with Crippen molar-refractivity contribution in [2.75, 3.05) is 7.11 Å². The fourth-order valence-electron chi connectivity index (χ4n) is 1.71. The lowest BCUT2D eigenvalue weighted by Crippen LogP contribution is -1.96. The summed E-state index contributed by atoms with van der Waals surface area (Å²) in [5.74, 6) is 0.531. The van der Waals surface area contributed by atoms with Crippen molar-refractivity contribution in [1.82, 2.24) is 9.78 Å². The lowest BCUT2D eigenvalue weighted by molar-refractivity contribution is 0.104. The van der Waals surface area contributed by atoms with E-state index < -0.39 is 0 Å². The molecule has 0 amide bonds. The van der Waals surface area contributed by atoms with Gasteiger partial charge in [0.05, 0.1) is 12.1 Å². The number of nitrogens with zero attached hydrogens (tertiary/aromatic N) is 2. The molecule has 1 aromatic heterocycles. The largest absolute Gasteiger partial charge is 0.497 e. The summed E-state index contributed by atoms with van der Waals surface area (Å²) < 4.78 is 6.81. The van der Waals surface area contributed by atoms with Crippen LogP contribution in [0.1, 0.15) is 23.0 Å². The van der Waals surface area contributed by atoms with Crippen molar-refractivity contribution in [1.29, 1.82) is 0 Å². The van der Waals surface area contributed by atoms with E-state index in [1.165, 1.54) is 6.08 Å². The van der Waals surface area contributed by atoms with Crippen molar-refractivity contribution in [3.63, 3.8) is 0 Å². The highest BCUT2D eigenvalue weighted by Gasteiger charge is 2.06. The summed E-state index contributed by atoms with van der Waals surface area (Å²) in [6.07, 6.45) is 4.82. The summed E-state index contributed by atoms with van der Waals surface area (Å²) >= 11 is 6.03. The third-order valence-electron chi connectivity index (χ3n) is 2.81. The van der Waals surface area contributed by atoms with Crippen molar-refractivity contribution < 1.29 is 9.53 Å². The number of ketones is 1. The summed E-state index contributed by atoms with van der Waals surface area (Å²) in [4.78, 5) is 12.1. The molecule has 0 N–H and O–H groups in total. The molecule has 0 radical (unpaired) electrons. The molecule has 4 nitrogen and oxygen atoms in total. The molecular formula is C15H15ClN2O2. The molecule has 0 aliphatic rings. The molecule has 5 heteroatoms. The molecule has 0 atom stereocenters. The van der Waals surface area contributed by atoms with Crippen LogP contribution >= 0.6 is 11.6 Å². The monoisotopic (exact) mass is 290 g/mol. The van der Waals surface area contributed by atoms with Crippen LogP contribution in [0.15, 0.2) is 36.5 Å². The van der Waals surface area contributed by atoms with Crippen LogP contribution < -0.4 is 4.74 Å². The minimum Gasteiger partial charge on any atom is -0.497 e. The molecule has 0 aliphatic heterocycles. The zero-order valence-electron chi connectivity index (χ0n) is 11.3. The van der Waals surface area contributed by atoms with Gasteiger partial charge in [-0.2, -0.15) is 5.10 Å². The second-order valence-corrected chi connectivity index (χ2v) is 4.55. The zero-order chi connectivity index (χ0) is 14.5. The third kappa shape index (κ3) is 3.27. The van der Waals surface area contributed by atoms with Gasteiger partial charge in [0.15, 0.2) is 5.78 Å². The maximum absolute atomic E-state index is 12.1. The highest BCUT2D eigenvalue weighted by atomic mass is 35.5. The van der Waals surface area contributed by atoms with Gasteiger partial charge in [-0.3, -0.25) is 9.48 Å². The number of ether oxygens (including phenoxy) is 1. The van der Waals surface area contributed by atoms with E-state index in [4.69, 9.17) is 16.3 Å². The fourth-order valence-corrected chi connectivity index (χ4v) is 1.93. The van der Waals surface area contributed by atoms with Gasteiger partial charge in [-0.25, -0.2) is 0 Å². The van der Waals surface area contributed by atoms with Gasteiger partial charge in [-0.15, -0.1) is 0 Å². The van der Waals surface area contributed by atoms with Gasteiger partial charge >= 0.3 is 0 Å². The normalized spacial score (nSPS) is 10.9. The topological polar surface area (TPSA) is 44.1 Å². The number of halogens is 1. The number of methoxy groups -OCH3 is 1. The molecule has 0 bridgehead atoms. The summed E-state index contributed by atoms with van der Waals surface area (Å²) in [7, 11) is 1.57. The molecule has 0 saturated heterocycles. The number of rotatable bonds is 5.